The van der Waals surface area contributed by atoms with E-state index in [4.69, 9.17) is 0 Å². The smallest absolute Gasteiger partial charge is 0.135 e. The first-order valence-corrected chi connectivity index (χ1v) is 6.81. The van der Waals surface area contributed by atoms with Gasteiger partial charge in [-0.1, -0.05) is 0 Å². The Hall–Kier alpha value is -1.16. The number of aliphatic hydroxyl groups is 1. The van der Waals surface area contributed by atoms with E-state index >= 15 is 0 Å². The van der Waals surface area contributed by atoms with E-state index in [9.17, 15) is 5.11 Å². The Labute approximate surface area is 109 Å². The molecule has 1 aliphatic carbocycles. The topological polar surface area (TPSA) is 49.2 Å². The van der Waals surface area contributed by atoms with Gasteiger partial charge in [-0.25, -0.2) is 9.97 Å². The van der Waals surface area contributed by atoms with Gasteiger partial charge in [0.15, 0.2) is 0 Å². The van der Waals surface area contributed by atoms with Crippen LogP contribution in [0, 0.1) is 0 Å². The van der Waals surface area contributed by atoms with Crippen LogP contribution in [0.5, 0.6) is 0 Å². The van der Waals surface area contributed by atoms with Gasteiger partial charge in [-0.15, -0.1) is 0 Å². The fraction of sp³-hybridized carbons (Fsp3) is 0.714. The third-order valence-corrected chi connectivity index (χ3v) is 3.36. The molecule has 0 aromatic carbocycles. The van der Waals surface area contributed by atoms with Gasteiger partial charge in [0.05, 0.1) is 5.60 Å². The molecule has 18 heavy (non-hydrogen) atoms. The van der Waals surface area contributed by atoms with Crippen molar-refractivity contribution in [2.45, 2.75) is 52.1 Å². The van der Waals surface area contributed by atoms with Crippen molar-refractivity contribution in [1.82, 2.24) is 9.97 Å². The number of anilines is 1. The summed E-state index contributed by atoms with van der Waals surface area (Å²) in [4.78, 5) is 11.0. The summed E-state index contributed by atoms with van der Waals surface area (Å²) in [5, 5.41) is 10.00. The average molecular weight is 249 g/mol. The third-order valence-electron chi connectivity index (χ3n) is 3.36. The minimum absolute atomic E-state index is 0.604. The molecule has 0 spiro atoms. The molecule has 4 nitrogen and oxygen atoms in total. The number of hydrogen-bond donors (Lipinski definition) is 1. The van der Waals surface area contributed by atoms with Crippen molar-refractivity contribution in [2.75, 3.05) is 18.0 Å². The largest absolute Gasteiger partial charge is 0.389 e. The van der Waals surface area contributed by atoms with Crippen LogP contribution in [0.3, 0.4) is 0 Å². The van der Waals surface area contributed by atoms with Crippen LogP contribution in [-0.4, -0.2) is 33.8 Å². The molecule has 1 aromatic rings. The zero-order chi connectivity index (χ0) is 13.2. The van der Waals surface area contributed by atoms with Crippen LogP contribution in [0.25, 0.3) is 0 Å². The molecule has 1 aromatic heterocycles. The summed E-state index contributed by atoms with van der Waals surface area (Å²) < 4.78 is 0. The number of likely N-dealkylation sites (N-methyl/N-ethyl adjacent to an activating group) is 1. The van der Waals surface area contributed by atoms with Crippen molar-refractivity contribution in [1.29, 1.82) is 0 Å². The summed E-state index contributed by atoms with van der Waals surface area (Å²) in [5.74, 6) is 1.02. The number of nitrogens with zero attached hydrogens (tertiary/aromatic N) is 3. The maximum Gasteiger partial charge on any atom is 0.135 e. The van der Waals surface area contributed by atoms with E-state index in [1.165, 1.54) is 24.1 Å². The first kappa shape index (κ1) is 13.3. The second-order valence-electron chi connectivity index (χ2n) is 5.66. The van der Waals surface area contributed by atoms with Gasteiger partial charge in [0, 0.05) is 24.3 Å². The molecule has 1 N–H and O–H groups in total. The van der Waals surface area contributed by atoms with E-state index in [-0.39, 0.29) is 0 Å². The number of hydrogen-bond acceptors (Lipinski definition) is 4. The molecule has 1 aliphatic rings. The van der Waals surface area contributed by atoms with Crippen molar-refractivity contribution < 1.29 is 5.11 Å². The van der Waals surface area contributed by atoms with E-state index in [1.807, 2.05) is 13.8 Å². The standard InChI is InChI=1S/C14H23N3O/c1-4-17(9-14(2,3)18)13-11-7-5-6-8-12(11)15-10-16-13/h10,18H,4-9H2,1-3H3. The highest BCUT2D eigenvalue weighted by Gasteiger charge is 2.23. The molecule has 4 heteroatoms. The highest BCUT2D eigenvalue weighted by molar-refractivity contribution is 5.49. The van der Waals surface area contributed by atoms with Crippen LogP contribution >= 0.6 is 0 Å². The maximum absolute atomic E-state index is 10.00. The lowest BCUT2D eigenvalue weighted by Crippen LogP contribution is -2.39. The molecular formula is C14H23N3O. The maximum atomic E-state index is 10.00. The van der Waals surface area contributed by atoms with E-state index < -0.39 is 5.60 Å². The quantitative estimate of drug-likeness (QED) is 0.886. The lowest BCUT2D eigenvalue weighted by atomic mass is 9.96. The Morgan fingerprint density at radius 1 is 1.28 bits per heavy atom. The zero-order valence-corrected chi connectivity index (χ0v) is 11.6. The highest BCUT2D eigenvalue weighted by Crippen LogP contribution is 2.27. The van der Waals surface area contributed by atoms with Gasteiger partial charge in [0.2, 0.25) is 0 Å². The molecule has 100 valence electrons. The number of fused-ring (bicyclic) bond motifs is 1. The molecule has 1 heterocycles. The van der Waals surface area contributed by atoms with E-state index in [2.05, 4.69) is 21.8 Å². The SMILES string of the molecule is CCN(CC(C)(C)O)c1ncnc2c1CCCC2. The van der Waals surface area contributed by atoms with Crippen LogP contribution < -0.4 is 4.90 Å². The molecule has 2 rings (SSSR count). The van der Waals surface area contributed by atoms with Gasteiger partial charge < -0.3 is 10.0 Å². The molecular weight excluding hydrogens is 226 g/mol. The van der Waals surface area contributed by atoms with Gasteiger partial charge in [0.25, 0.3) is 0 Å². The predicted octanol–water partition coefficient (Wildman–Crippen LogP) is 1.95. The molecule has 0 unspecified atom stereocenters. The second kappa shape index (κ2) is 5.22. The number of aromatic nitrogens is 2. The summed E-state index contributed by atoms with van der Waals surface area (Å²) in [6.45, 7) is 7.23. The monoisotopic (exact) mass is 249 g/mol. The van der Waals surface area contributed by atoms with E-state index in [0.29, 0.717) is 6.54 Å². The van der Waals surface area contributed by atoms with Crippen LogP contribution in [-0.2, 0) is 12.8 Å². The highest BCUT2D eigenvalue weighted by atomic mass is 16.3. The first-order chi connectivity index (χ1) is 8.51. The summed E-state index contributed by atoms with van der Waals surface area (Å²) >= 11 is 0. The van der Waals surface area contributed by atoms with Gasteiger partial charge in [-0.05, 0) is 46.5 Å². The average Bonchev–Trinajstić information content (AvgIpc) is 2.34. The van der Waals surface area contributed by atoms with Gasteiger partial charge >= 0.3 is 0 Å². The molecule has 0 atom stereocenters. The molecule has 0 saturated carbocycles. The van der Waals surface area contributed by atoms with Crippen LogP contribution in [0.2, 0.25) is 0 Å². The molecule has 0 bridgehead atoms. The second-order valence-corrected chi connectivity index (χ2v) is 5.66. The van der Waals surface area contributed by atoms with Gasteiger partial charge in [0.1, 0.15) is 12.1 Å². The molecule has 0 amide bonds. The van der Waals surface area contributed by atoms with Crippen LogP contribution in [0.15, 0.2) is 6.33 Å². The Bertz CT molecular complexity index is 412. The van der Waals surface area contributed by atoms with Gasteiger partial charge in [-0.3, -0.25) is 0 Å². The van der Waals surface area contributed by atoms with Crippen molar-refractivity contribution in [3.8, 4) is 0 Å². The summed E-state index contributed by atoms with van der Waals surface area (Å²) in [6.07, 6.45) is 6.22. The Kier molecular flexibility index (Phi) is 3.85. The number of aryl methyl sites for hydroxylation is 1. The van der Waals surface area contributed by atoms with Crippen LogP contribution in [0.1, 0.15) is 44.9 Å². The van der Waals surface area contributed by atoms with Crippen molar-refractivity contribution in [3.05, 3.63) is 17.6 Å². The predicted molar refractivity (Wildman–Crippen MR) is 72.9 cm³/mol. The summed E-state index contributed by atoms with van der Waals surface area (Å²) in [5.41, 5.74) is 1.78. The molecule has 0 aliphatic heterocycles. The minimum atomic E-state index is -0.706. The fourth-order valence-corrected chi connectivity index (χ4v) is 2.58. The van der Waals surface area contributed by atoms with Crippen LogP contribution in [0.4, 0.5) is 5.82 Å². The normalized spacial score (nSPS) is 15.3. The van der Waals surface area contributed by atoms with E-state index in [1.54, 1.807) is 6.33 Å². The zero-order valence-electron chi connectivity index (χ0n) is 11.6. The Balaban J connectivity index is 2.30. The lowest BCUT2D eigenvalue weighted by molar-refractivity contribution is 0.0873. The molecule has 0 radical (unpaired) electrons. The lowest BCUT2D eigenvalue weighted by Gasteiger charge is -2.31. The minimum Gasteiger partial charge on any atom is -0.389 e. The summed E-state index contributed by atoms with van der Waals surface area (Å²) in [6, 6.07) is 0. The van der Waals surface area contributed by atoms with Gasteiger partial charge in [-0.2, -0.15) is 0 Å². The molecule has 0 saturated heterocycles. The summed E-state index contributed by atoms with van der Waals surface area (Å²) in [7, 11) is 0. The Morgan fingerprint density at radius 2 is 2.00 bits per heavy atom. The van der Waals surface area contributed by atoms with Crippen molar-refractivity contribution >= 4 is 5.82 Å². The number of rotatable bonds is 4. The van der Waals surface area contributed by atoms with Crippen molar-refractivity contribution in [2.24, 2.45) is 0 Å². The fourth-order valence-electron chi connectivity index (χ4n) is 2.58. The first-order valence-electron chi connectivity index (χ1n) is 6.81. The van der Waals surface area contributed by atoms with Crippen molar-refractivity contribution in [3.63, 3.8) is 0 Å². The third kappa shape index (κ3) is 2.99. The molecule has 0 fully saturated rings. The van der Waals surface area contributed by atoms with E-state index in [0.717, 1.165) is 25.2 Å². The Morgan fingerprint density at radius 3 is 2.67 bits per heavy atom.